The van der Waals surface area contributed by atoms with Crippen LogP contribution in [0.2, 0.25) is 5.02 Å². The molecule has 110 valence electrons. The van der Waals surface area contributed by atoms with Crippen LogP contribution in [0.3, 0.4) is 0 Å². The van der Waals surface area contributed by atoms with Crippen LogP contribution in [-0.4, -0.2) is 23.7 Å². The highest BCUT2D eigenvalue weighted by Crippen LogP contribution is 2.32. The van der Waals surface area contributed by atoms with Gasteiger partial charge in [0, 0.05) is 6.42 Å². The van der Waals surface area contributed by atoms with Gasteiger partial charge in [-0.25, -0.2) is 4.39 Å². The highest BCUT2D eigenvalue weighted by molar-refractivity contribution is 6.30. The Morgan fingerprint density at radius 2 is 2.05 bits per heavy atom. The number of carbonyl (C=O) groups excluding carboxylic acids is 1. The molecule has 0 aliphatic rings. The standard InChI is InChI=1S/C14H16ClFO4/c1-3-14(12(17)18,13(19)20-4-2)8-9-6-5-7-10(15)11(9)16/h5-7H,3-4,8H2,1-2H3,(H,17,18). The molecule has 0 bridgehead atoms. The molecule has 0 amide bonds. The van der Waals surface area contributed by atoms with Gasteiger partial charge in [0.2, 0.25) is 0 Å². The Bertz CT molecular complexity index is 518. The van der Waals surface area contributed by atoms with E-state index in [4.69, 9.17) is 16.3 Å². The molecule has 0 radical (unpaired) electrons. The lowest BCUT2D eigenvalue weighted by Crippen LogP contribution is -2.42. The van der Waals surface area contributed by atoms with Crippen molar-refractivity contribution < 1.29 is 23.8 Å². The van der Waals surface area contributed by atoms with Crippen molar-refractivity contribution in [2.45, 2.75) is 26.7 Å². The molecule has 0 fully saturated rings. The summed E-state index contributed by atoms with van der Waals surface area (Å²) in [5.74, 6) is -2.91. The van der Waals surface area contributed by atoms with E-state index in [0.717, 1.165) is 0 Å². The van der Waals surface area contributed by atoms with E-state index in [1.54, 1.807) is 13.8 Å². The van der Waals surface area contributed by atoms with Gasteiger partial charge in [-0.05, 0) is 25.0 Å². The largest absolute Gasteiger partial charge is 0.480 e. The highest BCUT2D eigenvalue weighted by atomic mass is 35.5. The van der Waals surface area contributed by atoms with Gasteiger partial charge in [-0.1, -0.05) is 30.7 Å². The first-order chi connectivity index (χ1) is 9.39. The Hall–Kier alpha value is -1.62. The van der Waals surface area contributed by atoms with Crippen LogP contribution < -0.4 is 0 Å². The molecule has 4 nitrogen and oxygen atoms in total. The predicted octanol–water partition coefficient (Wildman–Crippen LogP) is 3.07. The van der Waals surface area contributed by atoms with Crippen LogP contribution in [0.5, 0.6) is 0 Å². The van der Waals surface area contributed by atoms with Gasteiger partial charge < -0.3 is 9.84 Å². The molecule has 0 spiro atoms. The molecule has 0 aromatic heterocycles. The Morgan fingerprint density at radius 3 is 2.55 bits per heavy atom. The van der Waals surface area contributed by atoms with Crippen LogP contribution in [0.4, 0.5) is 4.39 Å². The molecule has 1 atom stereocenters. The van der Waals surface area contributed by atoms with Gasteiger partial charge in [-0.15, -0.1) is 0 Å². The lowest BCUT2D eigenvalue weighted by Gasteiger charge is -2.26. The average Bonchev–Trinajstić information content (AvgIpc) is 2.40. The Kier molecular flexibility index (Phi) is 5.51. The molecule has 6 heteroatoms. The van der Waals surface area contributed by atoms with Crippen LogP contribution in [0, 0.1) is 11.2 Å². The summed E-state index contributed by atoms with van der Waals surface area (Å²) in [7, 11) is 0. The summed E-state index contributed by atoms with van der Waals surface area (Å²) < 4.78 is 18.7. The molecule has 0 saturated heterocycles. The Morgan fingerprint density at radius 1 is 1.40 bits per heavy atom. The van der Waals surface area contributed by atoms with Crippen molar-refractivity contribution in [2.24, 2.45) is 5.41 Å². The molecule has 1 aromatic carbocycles. The lowest BCUT2D eigenvalue weighted by atomic mass is 9.79. The predicted molar refractivity (Wildman–Crippen MR) is 72.1 cm³/mol. The van der Waals surface area contributed by atoms with Gasteiger partial charge in [-0.2, -0.15) is 0 Å². The van der Waals surface area contributed by atoms with Crippen molar-refractivity contribution in [1.29, 1.82) is 0 Å². The number of hydrogen-bond donors (Lipinski definition) is 1. The average molecular weight is 303 g/mol. The number of aliphatic carboxylic acids is 1. The second-order valence-electron chi connectivity index (χ2n) is 4.35. The van der Waals surface area contributed by atoms with Gasteiger partial charge in [0.25, 0.3) is 0 Å². The van der Waals surface area contributed by atoms with Gasteiger partial charge >= 0.3 is 11.9 Å². The van der Waals surface area contributed by atoms with Crippen molar-refractivity contribution >= 4 is 23.5 Å². The highest BCUT2D eigenvalue weighted by Gasteiger charge is 2.46. The summed E-state index contributed by atoms with van der Waals surface area (Å²) in [5.41, 5.74) is -1.73. The quantitative estimate of drug-likeness (QED) is 0.648. The molecule has 1 unspecified atom stereocenters. The van der Waals surface area contributed by atoms with Gasteiger partial charge in [0.05, 0.1) is 11.6 Å². The zero-order valence-electron chi connectivity index (χ0n) is 11.3. The summed E-state index contributed by atoms with van der Waals surface area (Å²) in [6.45, 7) is 3.19. The van der Waals surface area contributed by atoms with E-state index in [-0.39, 0.29) is 30.0 Å². The summed E-state index contributed by atoms with van der Waals surface area (Å²) >= 11 is 5.67. The minimum atomic E-state index is -1.80. The molecule has 0 saturated carbocycles. The lowest BCUT2D eigenvalue weighted by molar-refractivity contribution is -0.168. The van der Waals surface area contributed by atoms with E-state index < -0.39 is 23.2 Å². The van der Waals surface area contributed by atoms with Crippen molar-refractivity contribution in [3.8, 4) is 0 Å². The first-order valence-corrected chi connectivity index (χ1v) is 6.60. The van der Waals surface area contributed by atoms with Crippen LogP contribution in [0.1, 0.15) is 25.8 Å². The number of esters is 1. The second kappa shape index (κ2) is 6.70. The summed E-state index contributed by atoms with van der Waals surface area (Å²) in [6.07, 6.45) is -0.308. The second-order valence-corrected chi connectivity index (χ2v) is 4.76. The number of halogens is 2. The zero-order chi connectivity index (χ0) is 15.3. The molecule has 0 aliphatic heterocycles. The number of carboxylic acids is 1. The van der Waals surface area contributed by atoms with Crippen LogP contribution >= 0.6 is 11.6 Å². The number of hydrogen-bond acceptors (Lipinski definition) is 3. The van der Waals surface area contributed by atoms with E-state index in [2.05, 4.69) is 0 Å². The van der Waals surface area contributed by atoms with Crippen molar-refractivity contribution in [3.05, 3.63) is 34.6 Å². The number of carboxylic acid groups (broad SMARTS) is 1. The van der Waals surface area contributed by atoms with Gasteiger partial charge in [0.1, 0.15) is 5.82 Å². The minimum Gasteiger partial charge on any atom is -0.480 e. The monoisotopic (exact) mass is 302 g/mol. The smallest absolute Gasteiger partial charge is 0.323 e. The Labute approximate surface area is 121 Å². The first-order valence-electron chi connectivity index (χ1n) is 6.22. The first kappa shape index (κ1) is 16.4. The van der Waals surface area contributed by atoms with Gasteiger partial charge in [-0.3, -0.25) is 9.59 Å². The van der Waals surface area contributed by atoms with Crippen molar-refractivity contribution in [2.75, 3.05) is 6.61 Å². The number of carbonyl (C=O) groups is 2. The zero-order valence-corrected chi connectivity index (χ0v) is 12.0. The molecule has 0 aliphatic carbocycles. The molecule has 1 rings (SSSR count). The van der Waals surface area contributed by atoms with E-state index in [1.807, 2.05) is 0 Å². The Balaban J connectivity index is 3.22. The van der Waals surface area contributed by atoms with E-state index >= 15 is 0 Å². The van der Waals surface area contributed by atoms with Gasteiger partial charge in [0.15, 0.2) is 5.41 Å². The summed E-state index contributed by atoms with van der Waals surface area (Å²) in [5, 5.41) is 9.28. The molecular weight excluding hydrogens is 287 g/mol. The maximum atomic E-state index is 13.9. The maximum absolute atomic E-state index is 13.9. The van der Waals surface area contributed by atoms with Crippen LogP contribution in [-0.2, 0) is 20.7 Å². The molecule has 20 heavy (non-hydrogen) atoms. The molecule has 0 heterocycles. The fraction of sp³-hybridized carbons (Fsp3) is 0.429. The topological polar surface area (TPSA) is 63.6 Å². The van der Waals surface area contributed by atoms with E-state index in [0.29, 0.717) is 0 Å². The SMILES string of the molecule is CCOC(=O)C(CC)(Cc1cccc(Cl)c1F)C(=O)O. The normalized spacial score (nSPS) is 13.6. The number of ether oxygens (including phenoxy) is 1. The van der Waals surface area contributed by atoms with E-state index in [9.17, 15) is 19.1 Å². The van der Waals surface area contributed by atoms with Crippen molar-refractivity contribution in [1.82, 2.24) is 0 Å². The van der Waals surface area contributed by atoms with E-state index in [1.165, 1.54) is 18.2 Å². The summed E-state index contributed by atoms with van der Waals surface area (Å²) in [6, 6.07) is 4.28. The number of rotatable bonds is 6. The van der Waals surface area contributed by atoms with Crippen LogP contribution in [0.25, 0.3) is 0 Å². The third-order valence-electron chi connectivity index (χ3n) is 3.20. The third-order valence-corrected chi connectivity index (χ3v) is 3.49. The fourth-order valence-corrected chi connectivity index (χ4v) is 2.13. The number of benzene rings is 1. The maximum Gasteiger partial charge on any atom is 0.323 e. The molecular formula is C14H16ClFO4. The van der Waals surface area contributed by atoms with Crippen LogP contribution in [0.15, 0.2) is 18.2 Å². The molecule has 1 N–H and O–H groups in total. The molecule has 1 aromatic rings. The van der Waals surface area contributed by atoms with Crippen molar-refractivity contribution in [3.63, 3.8) is 0 Å². The summed E-state index contributed by atoms with van der Waals surface area (Å²) in [4.78, 5) is 23.5. The minimum absolute atomic E-state index is 0.00683. The third kappa shape index (κ3) is 3.10. The fourth-order valence-electron chi connectivity index (χ4n) is 1.94.